The van der Waals surface area contributed by atoms with Crippen LogP contribution in [-0.4, -0.2) is 23.5 Å². The highest BCUT2D eigenvalue weighted by molar-refractivity contribution is 6.44. The molecule has 0 fully saturated rings. The van der Waals surface area contributed by atoms with Crippen LogP contribution in [0.2, 0.25) is 6.04 Å². The van der Waals surface area contributed by atoms with E-state index in [1.165, 1.54) is 11.1 Å². The van der Waals surface area contributed by atoms with E-state index >= 15 is 0 Å². The molecule has 0 atom stereocenters. The molecule has 2 aromatic carbocycles. The van der Waals surface area contributed by atoms with Gasteiger partial charge in [0.15, 0.2) is 0 Å². The van der Waals surface area contributed by atoms with Crippen molar-refractivity contribution in [1.82, 2.24) is 0 Å². The monoisotopic (exact) mass is 285 g/mol. The van der Waals surface area contributed by atoms with Gasteiger partial charge in [-0.2, -0.15) is 0 Å². The average molecular weight is 285 g/mol. The predicted octanol–water partition coefficient (Wildman–Crippen LogP) is 3.99. The third-order valence-electron chi connectivity index (χ3n) is 3.50. The number of hydrogen-bond acceptors (Lipinski definition) is 2. The van der Waals surface area contributed by atoms with Crippen LogP contribution in [-0.2, 0) is 8.85 Å². The standard InChI is InChI=1S/C17H21O2Si/c1-18-20(19-2)14-13-17(15-9-5-3-6-10-15)16-11-7-4-8-12-16/h3-12,17H,13-14H2,1-2H3. The van der Waals surface area contributed by atoms with E-state index in [0.29, 0.717) is 5.92 Å². The largest absolute Gasteiger partial charge is 0.397 e. The molecule has 0 heterocycles. The molecule has 0 aliphatic heterocycles. The van der Waals surface area contributed by atoms with Gasteiger partial charge in [-0.25, -0.2) is 0 Å². The molecule has 105 valence electrons. The lowest BCUT2D eigenvalue weighted by Crippen LogP contribution is -2.19. The van der Waals surface area contributed by atoms with E-state index in [4.69, 9.17) is 8.85 Å². The maximum Gasteiger partial charge on any atom is 0.384 e. The second-order valence-electron chi connectivity index (χ2n) is 4.69. The van der Waals surface area contributed by atoms with E-state index in [-0.39, 0.29) is 0 Å². The smallest absolute Gasteiger partial charge is 0.384 e. The van der Waals surface area contributed by atoms with Crippen molar-refractivity contribution in [3.8, 4) is 0 Å². The molecule has 0 saturated heterocycles. The minimum atomic E-state index is -1.13. The van der Waals surface area contributed by atoms with Gasteiger partial charge in [0.25, 0.3) is 0 Å². The molecule has 20 heavy (non-hydrogen) atoms. The summed E-state index contributed by atoms with van der Waals surface area (Å²) in [4.78, 5) is 0. The lowest BCUT2D eigenvalue weighted by atomic mass is 9.89. The van der Waals surface area contributed by atoms with Gasteiger partial charge < -0.3 is 8.85 Å². The fraction of sp³-hybridized carbons (Fsp3) is 0.294. The molecule has 2 aromatic rings. The average Bonchev–Trinajstić information content (AvgIpc) is 2.53. The van der Waals surface area contributed by atoms with Crippen LogP contribution in [0.1, 0.15) is 23.5 Å². The van der Waals surface area contributed by atoms with Crippen LogP contribution in [0.4, 0.5) is 0 Å². The summed E-state index contributed by atoms with van der Waals surface area (Å²) in [7, 11) is 2.34. The summed E-state index contributed by atoms with van der Waals surface area (Å²) in [5, 5.41) is 0. The van der Waals surface area contributed by atoms with Crippen LogP contribution in [0.5, 0.6) is 0 Å². The molecule has 0 N–H and O–H groups in total. The summed E-state index contributed by atoms with van der Waals surface area (Å²) in [5.41, 5.74) is 2.71. The maximum absolute atomic E-state index is 5.40. The number of rotatable bonds is 7. The lowest BCUT2D eigenvalue weighted by molar-refractivity contribution is 0.276. The van der Waals surface area contributed by atoms with Crippen molar-refractivity contribution in [2.45, 2.75) is 18.4 Å². The zero-order valence-corrected chi connectivity index (χ0v) is 13.1. The Kier molecular flexibility index (Phi) is 5.99. The minimum Gasteiger partial charge on any atom is -0.397 e. The van der Waals surface area contributed by atoms with Crippen LogP contribution in [0, 0.1) is 0 Å². The van der Waals surface area contributed by atoms with E-state index in [1.54, 1.807) is 14.2 Å². The van der Waals surface area contributed by atoms with Crippen LogP contribution in [0.3, 0.4) is 0 Å². The zero-order chi connectivity index (χ0) is 14.2. The van der Waals surface area contributed by atoms with Crippen molar-refractivity contribution in [2.24, 2.45) is 0 Å². The van der Waals surface area contributed by atoms with Gasteiger partial charge in [-0.15, -0.1) is 0 Å². The second-order valence-corrected chi connectivity index (χ2v) is 6.75. The Balaban J connectivity index is 2.17. The molecule has 0 bridgehead atoms. The second kappa shape index (κ2) is 8.00. The Morgan fingerprint density at radius 3 is 1.65 bits per heavy atom. The molecular weight excluding hydrogens is 264 g/mol. The minimum absolute atomic E-state index is 0.405. The van der Waals surface area contributed by atoms with Crippen LogP contribution in [0.25, 0.3) is 0 Å². The third-order valence-corrected chi connectivity index (χ3v) is 5.10. The summed E-state index contributed by atoms with van der Waals surface area (Å²) in [6, 6.07) is 22.3. The van der Waals surface area contributed by atoms with Crippen molar-refractivity contribution in [3.05, 3.63) is 71.8 Å². The van der Waals surface area contributed by atoms with Crippen LogP contribution < -0.4 is 0 Å². The summed E-state index contributed by atoms with van der Waals surface area (Å²) < 4.78 is 10.8. The predicted molar refractivity (Wildman–Crippen MR) is 83.9 cm³/mol. The van der Waals surface area contributed by atoms with Gasteiger partial charge in [-0.05, 0) is 23.6 Å². The molecule has 0 spiro atoms. The Hall–Kier alpha value is -1.42. The van der Waals surface area contributed by atoms with E-state index in [0.717, 1.165) is 12.5 Å². The van der Waals surface area contributed by atoms with Crippen LogP contribution in [0.15, 0.2) is 60.7 Å². The van der Waals surface area contributed by atoms with Crippen molar-refractivity contribution >= 4 is 9.28 Å². The SMILES string of the molecule is CO[Si](CCC(c1ccccc1)c1ccccc1)OC. The first-order valence-corrected chi connectivity index (χ1v) is 8.41. The van der Waals surface area contributed by atoms with E-state index < -0.39 is 9.28 Å². The lowest BCUT2D eigenvalue weighted by Gasteiger charge is -2.19. The van der Waals surface area contributed by atoms with Gasteiger partial charge in [0.1, 0.15) is 0 Å². The van der Waals surface area contributed by atoms with Crippen molar-refractivity contribution in [1.29, 1.82) is 0 Å². The van der Waals surface area contributed by atoms with Gasteiger partial charge in [0, 0.05) is 20.1 Å². The summed E-state index contributed by atoms with van der Waals surface area (Å²) in [5.74, 6) is 0.405. The first-order valence-electron chi connectivity index (χ1n) is 6.89. The molecule has 0 aliphatic rings. The van der Waals surface area contributed by atoms with Crippen molar-refractivity contribution in [2.75, 3.05) is 14.2 Å². The van der Waals surface area contributed by atoms with Gasteiger partial charge in [0.2, 0.25) is 0 Å². The van der Waals surface area contributed by atoms with E-state index in [1.807, 2.05) is 0 Å². The third kappa shape index (κ3) is 4.03. The normalized spacial score (nSPS) is 11.2. The summed E-state index contributed by atoms with van der Waals surface area (Å²) in [6.45, 7) is 0. The highest BCUT2D eigenvalue weighted by Crippen LogP contribution is 2.29. The number of hydrogen-bond donors (Lipinski definition) is 0. The quantitative estimate of drug-likeness (QED) is 0.716. The molecular formula is C17H21O2Si. The first kappa shape index (κ1) is 15.0. The molecule has 2 nitrogen and oxygen atoms in total. The Morgan fingerprint density at radius 1 is 0.800 bits per heavy atom. The molecule has 0 amide bonds. The van der Waals surface area contributed by atoms with Gasteiger partial charge in [-0.3, -0.25) is 0 Å². The van der Waals surface area contributed by atoms with E-state index in [2.05, 4.69) is 60.7 Å². The molecule has 3 heteroatoms. The fourth-order valence-corrected chi connectivity index (χ4v) is 3.55. The molecule has 1 radical (unpaired) electrons. The van der Waals surface area contributed by atoms with Crippen molar-refractivity contribution in [3.63, 3.8) is 0 Å². The maximum atomic E-state index is 5.40. The van der Waals surface area contributed by atoms with E-state index in [9.17, 15) is 0 Å². The fourth-order valence-electron chi connectivity index (χ4n) is 2.45. The zero-order valence-electron chi connectivity index (χ0n) is 12.1. The molecule has 0 saturated carbocycles. The summed E-state index contributed by atoms with van der Waals surface area (Å²) >= 11 is 0. The van der Waals surface area contributed by atoms with Crippen LogP contribution >= 0.6 is 0 Å². The molecule has 2 rings (SSSR count). The van der Waals surface area contributed by atoms with Gasteiger partial charge in [-0.1, -0.05) is 60.7 Å². The molecule has 0 unspecified atom stereocenters. The van der Waals surface area contributed by atoms with Crippen molar-refractivity contribution < 1.29 is 8.85 Å². The highest BCUT2D eigenvalue weighted by Gasteiger charge is 2.19. The summed E-state index contributed by atoms with van der Waals surface area (Å²) in [6.07, 6.45) is 1.05. The Labute approximate surface area is 123 Å². The molecule has 0 aromatic heterocycles. The first-order chi connectivity index (χ1) is 9.85. The Bertz CT molecular complexity index is 443. The van der Waals surface area contributed by atoms with Gasteiger partial charge in [0.05, 0.1) is 0 Å². The van der Waals surface area contributed by atoms with Gasteiger partial charge >= 0.3 is 9.28 Å². The topological polar surface area (TPSA) is 18.5 Å². The highest BCUT2D eigenvalue weighted by atomic mass is 28.3. The number of benzene rings is 2. The Morgan fingerprint density at radius 2 is 1.25 bits per heavy atom. The molecule has 0 aliphatic carbocycles.